The Kier molecular flexibility index (Phi) is 21.5. The highest BCUT2D eigenvalue weighted by Crippen LogP contribution is 2.29. The van der Waals surface area contributed by atoms with E-state index in [1.54, 1.807) is 34.6 Å². The van der Waals surface area contributed by atoms with Crippen molar-refractivity contribution < 1.29 is 39.0 Å². The number of benzene rings is 4. The number of carbonyl (C=O) groups is 2. The van der Waals surface area contributed by atoms with E-state index in [0.717, 1.165) is 40.7 Å². The quantitative estimate of drug-likeness (QED) is 0.0562. The van der Waals surface area contributed by atoms with Crippen LogP contribution in [0.25, 0.3) is 22.3 Å². The first-order valence-corrected chi connectivity index (χ1v) is 20.6. The average molecular weight is 819 g/mol. The molecule has 0 bridgehead atoms. The molecule has 12 heteroatoms. The van der Waals surface area contributed by atoms with Gasteiger partial charge in [0.25, 0.3) is 13.8 Å². The van der Waals surface area contributed by atoms with Crippen LogP contribution in [0.1, 0.15) is 37.8 Å². The monoisotopic (exact) mass is 818 g/mol. The number of hydrogen-bond acceptors (Lipinski definition) is 8. The highest BCUT2D eigenvalue weighted by atomic mass is 35.5. The molecule has 0 saturated carbocycles. The summed E-state index contributed by atoms with van der Waals surface area (Å²) in [5, 5.41) is 30.8. The van der Waals surface area contributed by atoms with Crippen LogP contribution >= 0.6 is 23.2 Å². The molecular weight excluding hydrogens is 761 g/mol. The first-order valence-electron chi connectivity index (χ1n) is 19.8. The fourth-order valence-corrected chi connectivity index (χ4v) is 7.54. The number of carbonyl (C=O) groups excluding carboxylic acids is 2. The molecule has 57 heavy (non-hydrogen) atoms. The van der Waals surface area contributed by atoms with E-state index in [9.17, 15) is 24.7 Å². The number of esters is 2. The number of hydrogen-bond donors (Lipinski definition) is 3. The van der Waals surface area contributed by atoms with Crippen molar-refractivity contribution in [2.24, 2.45) is 23.7 Å². The van der Waals surface area contributed by atoms with Crippen molar-refractivity contribution in [3.8, 4) is 22.3 Å². The summed E-state index contributed by atoms with van der Waals surface area (Å²) in [5.41, 5.74) is 6.61. The van der Waals surface area contributed by atoms with Crippen LogP contribution in [-0.4, -0.2) is 74.5 Å². The standard InChI is InChI=1S/C23H30BClO4.C22H28BClO4/c1-4-29-23(26)21(16-28-3)13-18(15-24(2)27)12-17-8-10-19(11-9-17)20-6-5-7-22(25)14-20;1-3-28-22(26)20(15-25)12-17(14-23(2)27)11-16-7-9-18(10-8-16)19-5-4-6-21(24)13-19/h5-11,14,18,21,27H,4,12-13,15-16H2,1-3H3;4-10,13,17,20,25,27H,3,11-12,14-15H2,1-2H3/t18-,21+;17-,20+/m11/s1. The maximum absolute atomic E-state index is 12.3. The second-order valence-electron chi connectivity index (χ2n) is 14.7. The largest absolute Gasteiger partial charge is 0.466 e. The minimum atomic E-state index is -0.561. The molecule has 0 spiro atoms. The van der Waals surface area contributed by atoms with E-state index in [2.05, 4.69) is 48.5 Å². The molecule has 0 aliphatic carbocycles. The van der Waals surface area contributed by atoms with Crippen LogP contribution in [0.5, 0.6) is 0 Å². The van der Waals surface area contributed by atoms with Crippen LogP contribution in [0.15, 0.2) is 97.1 Å². The van der Waals surface area contributed by atoms with Gasteiger partial charge in [0.15, 0.2) is 0 Å². The number of aliphatic hydroxyl groups excluding tert-OH is 1. The summed E-state index contributed by atoms with van der Waals surface area (Å²) in [6.07, 6.45) is 3.78. The number of rotatable bonds is 21. The summed E-state index contributed by atoms with van der Waals surface area (Å²) in [5.74, 6) is -1.28. The minimum Gasteiger partial charge on any atom is -0.466 e. The summed E-state index contributed by atoms with van der Waals surface area (Å²) in [6, 6.07) is 32.1. The molecule has 0 aromatic heterocycles. The first-order chi connectivity index (χ1) is 27.3. The SMILES string of the molecule is CCOC(=O)[C@H](CO)C[C@H](CB(C)O)Cc1ccc(-c2cccc(Cl)c2)cc1.CCOC(=O)[C@H](COC)C[C@H](CB(C)O)Cc1ccc(-c2cccc(Cl)c2)cc1. The Morgan fingerprint density at radius 2 is 1.04 bits per heavy atom. The van der Waals surface area contributed by atoms with Gasteiger partial charge in [0.05, 0.1) is 38.3 Å². The normalized spacial score (nSPS) is 13.0. The predicted octanol–water partition coefficient (Wildman–Crippen LogP) is 9.34. The number of ether oxygens (including phenoxy) is 3. The van der Waals surface area contributed by atoms with E-state index in [1.807, 2.05) is 48.5 Å². The second kappa shape index (κ2) is 25.7. The van der Waals surface area contributed by atoms with Gasteiger partial charge in [-0.3, -0.25) is 9.59 Å². The molecule has 0 unspecified atom stereocenters. The minimum absolute atomic E-state index is 0.0681. The molecular formula is C45H58B2Cl2O8. The van der Waals surface area contributed by atoms with Gasteiger partial charge in [-0.25, -0.2) is 0 Å². The molecule has 8 nitrogen and oxygen atoms in total. The summed E-state index contributed by atoms with van der Waals surface area (Å²) < 4.78 is 15.5. The van der Waals surface area contributed by atoms with Crippen molar-refractivity contribution in [2.75, 3.05) is 33.5 Å². The van der Waals surface area contributed by atoms with Crippen molar-refractivity contribution >= 4 is 49.0 Å². The maximum Gasteiger partial charge on any atom is 0.311 e. The van der Waals surface area contributed by atoms with E-state index in [4.69, 9.17) is 37.4 Å². The lowest BCUT2D eigenvalue weighted by Gasteiger charge is -2.23. The summed E-state index contributed by atoms with van der Waals surface area (Å²) in [7, 11) is 1.59. The zero-order valence-electron chi connectivity index (χ0n) is 33.9. The van der Waals surface area contributed by atoms with Crippen molar-refractivity contribution in [3.63, 3.8) is 0 Å². The van der Waals surface area contributed by atoms with Crippen molar-refractivity contribution in [3.05, 3.63) is 118 Å². The van der Waals surface area contributed by atoms with Gasteiger partial charge in [-0.05, 0) is 122 Å². The number of methoxy groups -OCH3 is 1. The third-order valence-corrected chi connectivity index (χ3v) is 10.2. The van der Waals surface area contributed by atoms with Crippen LogP contribution in [-0.2, 0) is 36.6 Å². The van der Waals surface area contributed by atoms with E-state index in [1.165, 1.54) is 5.56 Å². The Morgan fingerprint density at radius 1 is 0.632 bits per heavy atom. The summed E-state index contributed by atoms with van der Waals surface area (Å²) in [4.78, 5) is 24.3. The van der Waals surface area contributed by atoms with Gasteiger partial charge < -0.3 is 29.4 Å². The third kappa shape index (κ3) is 17.4. The smallest absolute Gasteiger partial charge is 0.311 e. The highest BCUT2D eigenvalue weighted by molar-refractivity contribution is 6.48. The molecule has 0 fully saturated rings. The van der Waals surface area contributed by atoms with Crippen LogP contribution in [0.4, 0.5) is 0 Å². The van der Waals surface area contributed by atoms with E-state index >= 15 is 0 Å². The molecule has 0 radical (unpaired) electrons. The summed E-state index contributed by atoms with van der Waals surface area (Å²) >= 11 is 12.2. The van der Waals surface area contributed by atoms with E-state index in [-0.39, 0.29) is 36.3 Å². The predicted molar refractivity (Wildman–Crippen MR) is 234 cm³/mol. The fourth-order valence-electron chi connectivity index (χ4n) is 7.16. The molecule has 0 aliphatic rings. The molecule has 306 valence electrons. The molecule has 4 atom stereocenters. The molecule has 4 aromatic rings. The van der Waals surface area contributed by atoms with Gasteiger partial charge in [0.1, 0.15) is 0 Å². The lowest BCUT2D eigenvalue weighted by Crippen LogP contribution is -2.27. The van der Waals surface area contributed by atoms with Crippen molar-refractivity contribution in [2.45, 2.75) is 65.8 Å². The molecule has 3 N–H and O–H groups in total. The first kappa shape index (κ1) is 47.7. The van der Waals surface area contributed by atoms with Crippen LogP contribution < -0.4 is 0 Å². The summed E-state index contributed by atoms with van der Waals surface area (Å²) in [6.45, 7) is 6.89. The number of halogens is 2. The highest BCUT2D eigenvalue weighted by Gasteiger charge is 2.27. The lowest BCUT2D eigenvalue weighted by molar-refractivity contribution is -0.151. The molecule has 0 heterocycles. The molecule has 4 rings (SSSR count). The second-order valence-corrected chi connectivity index (χ2v) is 15.6. The van der Waals surface area contributed by atoms with Crippen LogP contribution in [0.2, 0.25) is 36.3 Å². The topological polar surface area (TPSA) is 123 Å². The van der Waals surface area contributed by atoms with Crippen LogP contribution in [0, 0.1) is 23.7 Å². The van der Waals surface area contributed by atoms with Gasteiger partial charge >= 0.3 is 11.9 Å². The van der Waals surface area contributed by atoms with Gasteiger partial charge in [0.2, 0.25) is 0 Å². The Bertz CT molecular complexity index is 1770. The van der Waals surface area contributed by atoms with Gasteiger partial charge in [-0.2, -0.15) is 0 Å². The number of aliphatic hydroxyl groups is 1. The maximum atomic E-state index is 12.3. The third-order valence-electron chi connectivity index (χ3n) is 9.69. The average Bonchev–Trinajstić information content (AvgIpc) is 3.17. The van der Waals surface area contributed by atoms with Crippen LogP contribution in [0.3, 0.4) is 0 Å². The Morgan fingerprint density at radius 3 is 1.39 bits per heavy atom. The van der Waals surface area contributed by atoms with E-state index < -0.39 is 19.7 Å². The fraction of sp³-hybridized carbons (Fsp3) is 0.422. The molecule has 0 amide bonds. The Labute approximate surface area is 350 Å². The Hall–Kier alpha value is -3.63. The van der Waals surface area contributed by atoms with Gasteiger partial charge in [0, 0.05) is 17.2 Å². The molecule has 4 aromatic carbocycles. The van der Waals surface area contributed by atoms with Gasteiger partial charge in [-0.15, -0.1) is 0 Å². The van der Waals surface area contributed by atoms with Crippen molar-refractivity contribution in [1.82, 2.24) is 0 Å². The van der Waals surface area contributed by atoms with E-state index in [0.29, 0.717) is 55.3 Å². The molecule has 0 aliphatic heterocycles. The zero-order chi connectivity index (χ0) is 41.7. The van der Waals surface area contributed by atoms with Gasteiger partial charge in [-0.1, -0.05) is 110 Å². The Balaban J connectivity index is 0.000000306. The zero-order valence-corrected chi connectivity index (χ0v) is 35.4. The molecule has 0 saturated heterocycles. The lowest BCUT2D eigenvalue weighted by atomic mass is 9.62. The van der Waals surface area contributed by atoms with Crippen molar-refractivity contribution in [1.29, 1.82) is 0 Å².